The van der Waals surface area contributed by atoms with Crippen LogP contribution in [0.5, 0.6) is 0 Å². The molecular weight excluding hydrogens is 440 g/mol. The minimum Gasteiger partial charge on any atom is -0.335 e. The number of rotatable bonds is 4. The Morgan fingerprint density at radius 2 is 1.64 bits per heavy atom. The Labute approximate surface area is 188 Å². The molecule has 2 N–H and O–H groups in total. The lowest BCUT2D eigenvalue weighted by Crippen LogP contribution is -2.44. The number of likely N-dealkylation sites (tertiary alicyclic amines) is 1. The first-order chi connectivity index (χ1) is 15.9. The SMILES string of the molecule is O=C(NCCF)N1CCC(c2ccc(NC(=O)N3Cc4cc(F)c(F)c(F)c4C3)cc2)CC1. The number of nitrogens with one attached hydrogen (secondary N) is 2. The summed E-state index contributed by atoms with van der Waals surface area (Å²) in [5, 5.41) is 5.25. The van der Waals surface area contributed by atoms with Gasteiger partial charge in [-0.1, -0.05) is 12.1 Å². The topological polar surface area (TPSA) is 64.7 Å². The van der Waals surface area contributed by atoms with Crippen molar-refractivity contribution in [3.05, 3.63) is 64.5 Å². The number of anilines is 1. The summed E-state index contributed by atoms with van der Waals surface area (Å²) in [5.74, 6) is -3.79. The molecule has 4 amide bonds. The van der Waals surface area contributed by atoms with E-state index in [1.165, 1.54) is 4.90 Å². The van der Waals surface area contributed by atoms with Crippen LogP contribution in [0.3, 0.4) is 0 Å². The number of halogens is 4. The van der Waals surface area contributed by atoms with E-state index in [1.807, 2.05) is 12.1 Å². The highest BCUT2D eigenvalue weighted by Crippen LogP contribution is 2.31. The van der Waals surface area contributed by atoms with E-state index in [2.05, 4.69) is 10.6 Å². The summed E-state index contributed by atoms with van der Waals surface area (Å²) in [5.41, 5.74) is 1.87. The smallest absolute Gasteiger partial charge is 0.322 e. The molecule has 10 heteroatoms. The molecule has 0 spiro atoms. The van der Waals surface area contributed by atoms with Gasteiger partial charge in [-0.2, -0.15) is 0 Å². The molecule has 0 saturated carbocycles. The fraction of sp³-hybridized carbons (Fsp3) is 0.391. The molecule has 0 atom stereocenters. The van der Waals surface area contributed by atoms with Crippen LogP contribution in [-0.4, -0.2) is 48.2 Å². The minimum atomic E-state index is -1.53. The van der Waals surface area contributed by atoms with Crippen LogP contribution >= 0.6 is 0 Å². The van der Waals surface area contributed by atoms with Gasteiger partial charge in [-0.3, -0.25) is 0 Å². The molecule has 2 heterocycles. The van der Waals surface area contributed by atoms with Crippen LogP contribution in [0.4, 0.5) is 32.8 Å². The molecule has 1 fully saturated rings. The average Bonchev–Trinajstić information content (AvgIpc) is 3.26. The lowest BCUT2D eigenvalue weighted by atomic mass is 9.89. The molecule has 0 radical (unpaired) electrons. The van der Waals surface area contributed by atoms with E-state index in [1.54, 1.807) is 17.0 Å². The van der Waals surface area contributed by atoms with Crippen molar-refractivity contribution in [2.75, 3.05) is 31.6 Å². The fourth-order valence-electron chi connectivity index (χ4n) is 4.31. The van der Waals surface area contributed by atoms with Gasteiger partial charge in [0.25, 0.3) is 0 Å². The van der Waals surface area contributed by atoms with Crippen LogP contribution in [0.2, 0.25) is 0 Å². The number of urea groups is 2. The minimum absolute atomic E-state index is 0.00908. The van der Waals surface area contributed by atoms with Gasteiger partial charge < -0.3 is 20.4 Å². The zero-order chi connectivity index (χ0) is 23.5. The van der Waals surface area contributed by atoms with Crippen LogP contribution in [0.1, 0.15) is 35.4 Å². The van der Waals surface area contributed by atoms with Gasteiger partial charge >= 0.3 is 12.1 Å². The van der Waals surface area contributed by atoms with Gasteiger partial charge in [0, 0.05) is 37.4 Å². The van der Waals surface area contributed by atoms with Crippen molar-refractivity contribution >= 4 is 17.7 Å². The maximum Gasteiger partial charge on any atom is 0.322 e. The molecule has 2 aliphatic heterocycles. The molecule has 4 rings (SSSR count). The molecule has 0 aromatic heterocycles. The Bertz CT molecular complexity index is 1040. The number of carbonyl (C=O) groups is 2. The Kier molecular flexibility index (Phi) is 6.71. The van der Waals surface area contributed by atoms with E-state index >= 15 is 0 Å². The van der Waals surface area contributed by atoms with Crippen molar-refractivity contribution in [3.8, 4) is 0 Å². The first-order valence-corrected chi connectivity index (χ1v) is 10.8. The Balaban J connectivity index is 1.31. The van der Waals surface area contributed by atoms with Crippen molar-refractivity contribution in [3.63, 3.8) is 0 Å². The van der Waals surface area contributed by atoms with Gasteiger partial charge in [0.1, 0.15) is 6.67 Å². The van der Waals surface area contributed by atoms with Crippen molar-refractivity contribution in [2.24, 2.45) is 0 Å². The maximum absolute atomic E-state index is 14.0. The molecule has 2 aromatic carbocycles. The van der Waals surface area contributed by atoms with Crippen LogP contribution in [0, 0.1) is 17.5 Å². The number of fused-ring (bicyclic) bond motifs is 1. The molecule has 0 unspecified atom stereocenters. The molecule has 33 heavy (non-hydrogen) atoms. The molecule has 176 valence electrons. The second-order valence-electron chi connectivity index (χ2n) is 8.21. The third-order valence-corrected chi connectivity index (χ3v) is 6.14. The van der Waals surface area contributed by atoms with Gasteiger partial charge in [-0.05, 0) is 48.1 Å². The zero-order valence-corrected chi connectivity index (χ0v) is 17.8. The van der Waals surface area contributed by atoms with Gasteiger partial charge in [0.15, 0.2) is 17.5 Å². The van der Waals surface area contributed by atoms with Crippen molar-refractivity contribution in [1.82, 2.24) is 15.1 Å². The number of hydrogen-bond acceptors (Lipinski definition) is 2. The normalized spacial score (nSPS) is 16.0. The molecule has 6 nitrogen and oxygen atoms in total. The van der Waals surface area contributed by atoms with E-state index < -0.39 is 30.2 Å². The Morgan fingerprint density at radius 3 is 2.30 bits per heavy atom. The summed E-state index contributed by atoms with van der Waals surface area (Å²) in [6.45, 7) is 0.426. The number of alkyl halides is 1. The number of nitrogens with zero attached hydrogens (tertiary/aromatic N) is 2. The summed E-state index contributed by atoms with van der Waals surface area (Å²) in [4.78, 5) is 27.4. The number of amides is 4. The molecule has 2 aromatic rings. The van der Waals surface area contributed by atoms with Gasteiger partial charge in [-0.25, -0.2) is 27.2 Å². The van der Waals surface area contributed by atoms with Crippen LogP contribution in [0.15, 0.2) is 30.3 Å². The van der Waals surface area contributed by atoms with Gasteiger partial charge in [0.2, 0.25) is 0 Å². The van der Waals surface area contributed by atoms with Gasteiger partial charge in [0.05, 0.1) is 6.54 Å². The lowest BCUT2D eigenvalue weighted by Gasteiger charge is -2.32. The summed E-state index contributed by atoms with van der Waals surface area (Å²) in [6.07, 6.45) is 1.55. The van der Waals surface area contributed by atoms with Gasteiger partial charge in [-0.15, -0.1) is 0 Å². The van der Waals surface area contributed by atoms with Crippen LogP contribution in [-0.2, 0) is 13.1 Å². The van der Waals surface area contributed by atoms with E-state index in [-0.39, 0.29) is 42.7 Å². The first-order valence-electron chi connectivity index (χ1n) is 10.8. The lowest BCUT2D eigenvalue weighted by molar-refractivity contribution is 0.180. The quantitative estimate of drug-likeness (QED) is 0.517. The summed E-state index contributed by atoms with van der Waals surface area (Å²) in [6, 6.07) is 7.51. The van der Waals surface area contributed by atoms with E-state index in [0.717, 1.165) is 24.5 Å². The van der Waals surface area contributed by atoms with Crippen LogP contribution < -0.4 is 10.6 Å². The number of benzene rings is 2. The first kappa shape index (κ1) is 22.9. The molecule has 0 aliphatic carbocycles. The molecular formula is C23H24F4N4O2. The van der Waals surface area contributed by atoms with E-state index in [0.29, 0.717) is 18.8 Å². The zero-order valence-electron chi connectivity index (χ0n) is 17.8. The highest BCUT2D eigenvalue weighted by atomic mass is 19.2. The standard InChI is InChI=1S/C23H24F4N4O2/c24-7-8-28-22(32)30-9-5-15(6-10-30)14-1-3-17(4-2-14)29-23(33)31-12-16-11-19(25)21(27)20(26)18(16)13-31/h1-4,11,15H,5-10,12-13H2,(H,28,32)(H,29,33). The van der Waals surface area contributed by atoms with Crippen LogP contribution in [0.25, 0.3) is 0 Å². The monoisotopic (exact) mass is 464 g/mol. The number of carbonyl (C=O) groups excluding carboxylic acids is 2. The molecule has 1 saturated heterocycles. The third kappa shape index (κ3) is 4.89. The van der Waals surface area contributed by atoms with E-state index in [4.69, 9.17) is 0 Å². The second kappa shape index (κ2) is 9.68. The summed E-state index contributed by atoms with van der Waals surface area (Å²) in [7, 11) is 0. The maximum atomic E-state index is 14.0. The van der Waals surface area contributed by atoms with Crippen molar-refractivity contribution < 1.29 is 27.2 Å². The predicted molar refractivity (Wildman–Crippen MR) is 114 cm³/mol. The second-order valence-corrected chi connectivity index (χ2v) is 8.21. The molecule has 0 bridgehead atoms. The highest BCUT2D eigenvalue weighted by molar-refractivity contribution is 5.89. The average molecular weight is 464 g/mol. The largest absolute Gasteiger partial charge is 0.335 e. The Hall–Kier alpha value is -3.30. The molecule has 2 aliphatic rings. The van der Waals surface area contributed by atoms with Crippen molar-refractivity contribution in [1.29, 1.82) is 0 Å². The summed E-state index contributed by atoms with van der Waals surface area (Å²) >= 11 is 0. The number of piperidine rings is 1. The summed E-state index contributed by atoms with van der Waals surface area (Å²) < 4.78 is 53.1. The predicted octanol–water partition coefficient (Wildman–Crippen LogP) is 4.51. The number of hydrogen-bond donors (Lipinski definition) is 2. The van der Waals surface area contributed by atoms with Crippen molar-refractivity contribution in [2.45, 2.75) is 31.8 Å². The Morgan fingerprint density at radius 1 is 0.939 bits per heavy atom. The van der Waals surface area contributed by atoms with E-state index in [9.17, 15) is 27.2 Å². The third-order valence-electron chi connectivity index (χ3n) is 6.14. The fourth-order valence-corrected chi connectivity index (χ4v) is 4.31. The highest BCUT2D eigenvalue weighted by Gasteiger charge is 2.29.